The Morgan fingerprint density at radius 1 is 0.971 bits per heavy atom. The van der Waals surface area contributed by atoms with Crippen LogP contribution in [0, 0.1) is 11.7 Å². The summed E-state index contributed by atoms with van der Waals surface area (Å²) < 4.78 is 19.9. The van der Waals surface area contributed by atoms with E-state index in [-0.39, 0.29) is 17.8 Å². The third-order valence-corrected chi connectivity index (χ3v) is 7.54. The molecular weight excluding hydrogens is 427 g/mol. The van der Waals surface area contributed by atoms with Gasteiger partial charge in [-0.1, -0.05) is 54.6 Å². The lowest BCUT2D eigenvalue weighted by atomic mass is 9.81. The van der Waals surface area contributed by atoms with Crippen molar-refractivity contribution in [3.8, 4) is 16.9 Å². The highest BCUT2D eigenvalue weighted by Gasteiger charge is 2.46. The number of halogens is 1. The Balaban J connectivity index is 1.40. The Bertz CT molecular complexity index is 1160. The second-order valence-corrected chi connectivity index (χ2v) is 9.44. The number of ether oxygens (including phenoxy) is 1. The predicted octanol–water partition coefficient (Wildman–Crippen LogP) is 5.34. The first-order chi connectivity index (χ1) is 16.5. The van der Waals surface area contributed by atoms with Crippen molar-refractivity contribution in [3.63, 3.8) is 0 Å². The lowest BCUT2D eigenvalue weighted by Gasteiger charge is -2.39. The number of methoxy groups -OCH3 is 1. The van der Waals surface area contributed by atoms with Crippen LogP contribution in [0.15, 0.2) is 72.8 Å². The summed E-state index contributed by atoms with van der Waals surface area (Å²) in [7, 11) is 1.68. The van der Waals surface area contributed by atoms with Gasteiger partial charge in [0.05, 0.1) is 7.11 Å². The number of amides is 1. The van der Waals surface area contributed by atoms with Crippen molar-refractivity contribution in [1.82, 2.24) is 9.80 Å². The summed E-state index contributed by atoms with van der Waals surface area (Å²) in [5, 5.41) is 0. The molecule has 0 N–H and O–H groups in total. The fraction of sp³-hybridized carbons (Fsp3) is 0.345. The van der Waals surface area contributed by atoms with Gasteiger partial charge in [0.15, 0.2) is 0 Å². The molecule has 2 aliphatic rings. The summed E-state index contributed by atoms with van der Waals surface area (Å²) in [6.45, 7) is 5.05. The van der Waals surface area contributed by atoms with Gasteiger partial charge in [-0.3, -0.25) is 9.69 Å². The zero-order valence-electron chi connectivity index (χ0n) is 19.8. The molecule has 0 aliphatic carbocycles. The molecule has 4 nitrogen and oxygen atoms in total. The molecule has 0 spiro atoms. The second kappa shape index (κ2) is 9.59. The van der Waals surface area contributed by atoms with Gasteiger partial charge in [0.25, 0.3) is 0 Å². The van der Waals surface area contributed by atoms with Crippen molar-refractivity contribution in [2.24, 2.45) is 5.92 Å². The normalized spacial score (nSPS) is 22.4. The van der Waals surface area contributed by atoms with E-state index in [1.807, 2.05) is 42.5 Å². The molecule has 0 unspecified atom stereocenters. The summed E-state index contributed by atoms with van der Waals surface area (Å²) in [6.07, 6.45) is 0.957. The van der Waals surface area contributed by atoms with Crippen LogP contribution in [-0.2, 0) is 11.3 Å². The standard InChI is InChI=1S/C29H31FN2O2/c1-20(33)32-19-26(21-11-13-23(34-2)14-12-21)27-18-31(16-15-29(27)32)17-22-7-3-4-8-24(22)25-9-5-6-10-28(25)30/h3-14,26-27,29H,15-19H2,1-2H3/t26-,27-,29-/m1/s1. The Kier molecular flexibility index (Phi) is 6.38. The molecule has 0 aromatic heterocycles. The first-order valence-electron chi connectivity index (χ1n) is 12.0. The largest absolute Gasteiger partial charge is 0.497 e. The van der Waals surface area contributed by atoms with E-state index in [0.717, 1.165) is 49.5 Å². The van der Waals surface area contributed by atoms with Crippen molar-refractivity contribution in [2.75, 3.05) is 26.7 Å². The molecule has 5 rings (SSSR count). The van der Waals surface area contributed by atoms with Gasteiger partial charge in [-0.25, -0.2) is 4.39 Å². The third kappa shape index (κ3) is 4.32. The van der Waals surface area contributed by atoms with E-state index in [2.05, 4.69) is 28.0 Å². The predicted molar refractivity (Wildman–Crippen MR) is 132 cm³/mol. The van der Waals surface area contributed by atoms with Crippen LogP contribution in [0.2, 0.25) is 0 Å². The average Bonchev–Trinajstić information content (AvgIpc) is 3.24. The summed E-state index contributed by atoms with van der Waals surface area (Å²) in [5.41, 5.74) is 3.99. The highest BCUT2D eigenvalue weighted by Crippen LogP contribution is 2.42. The average molecular weight is 459 g/mol. The van der Waals surface area contributed by atoms with Crippen molar-refractivity contribution in [2.45, 2.75) is 31.8 Å². The first-order valence-corrected chi connectivity index (χ1v) is 12.0. The number of rotatable bonds is 5. The molecule has 3 atom stereocenters. The van der Waals surface area contributed by atoms with Gasteiger partial charge >= 0.3 is 0 Å². The van der Waals surface area contributed by atoms with E-state index in [1.165, 1.54) is 11.6 Å². The van der Waals surface area contributed by atoms with Crippen molar-refractivity contribution in [1.29, 1.82) is 0 Å². The number of benzene rings is 3. The smallest absolute Gasteiger partial charge is 0.219 e. The minimum Gasteiger partial charge on any atom is -0.497 e. The lowest BCUT2D eigenvalue weighted by molar-refractivity contribution is -0.130. The van der Waals surface area contributed by atoms with E-state index < -0.39 is 0 Å². The third-order valence-electron chi connectivity index (χ3n) is 7.54. The lowest BCUT2D eigenvalue weighted by Crippen LogP contribution is -2.47. The van der Waals surface area contributed by atoms with Gasteiger partial charge in [-0.2, -0.15) is 0 Å². The van der Waals surface area contributed by atoms with Crippen LogP contribution in [0.1, 0.15) is 30.4 Å². The van der Waals surface area contributed by atoms with Crippen LogP contribution in [0.25, 0.3) is 11.1 Å². The van der Waals surface area contributed by atoms with Crippen LogP contribution in [0.5, 0.6) is 5.75 Å². The van der Waals surface area contributed by atoms with Crippen LogP contribution < -0.4 is 4.74 Å². The molecule has 0 radical (unpaired) electrons. The molecule has 2 saturated heterocycles. The molecule has 3 aromatic carbocycles. The van der Waals surface area contributed by atoms with Crippen molar-refractivity contribution >= 4 is 5.91 Å². The Morgan fingerprint density at radius 2 is 1.68 bits per heavy atom. The van der Waals surface area contributed by atoms with E-state index >= 15 is 0 Å². The molecule has 176 valence electrons. The molecule has 5 heteroatoms. The van der Waals surface area contributed by atoms with Crippen LogP contribution in [-0.4, -0.2) is 48.5 Å². The molecule has 0 bridgehead atoms. The number of nitrogens with zero attached hydrogens (tertiary/aromatic N) is 2. The summed E-state index contributed by atoms with van der Waals surface area (Å²) in [4.78, 5) is 17.0. The molecule has 3 aromatic rings. The number of fused-ring (bicyclic) bond motifs is 1. The quantitative estimate of drug-likeness (QED) is 0.518. The monoisotopic (exact) mass is 458 g/mol. The van der Waals surface area contributed by atoms with Crippen LogP contribution in [0.4, 0.5) is 4.39 Å². The van der Waals surface area contributed by atoms with Crippen molar-refractivity contribution < 1.29 is 13.9 Å². The minimum absolute atomic E-state index is 0.157. The van der Waals surface area contributed by atoms with E-state index in [4.69, 9.17) is 4.74 Å². The van der Waals surface area contributed by atoms with E-state index in [9.17, 15) is 9.18 Å². The maximum atomic E-state index is 14.6. The second-order valence-electron chi connectivity index (χ2n) is 9.44. The van der Waals surface area contributed by atoms with E-state index in [1.54, 1.807) is 20.1 Å². The SMILES string of the molecule is COc1ccc([C@H]2CN(C(C)=O)[C@@H]3CCN(Cc4ccccc4-c4ccccc4F)C[C@H]23)cc1. The maximum Gasteiger partial charge on any atom is 0.219 e. The van der Waals surface area contributed by atoms with E-state index in [0.29, 0.717) is 17.4 Å². The van der Waals surface area contributed by atoms with Gasteiger partial charge in [-0.15, -0.1) is 0 Å². The highest BCUT2D eigenvalue weighted by atomic mass is 19.1. The fourth-order valence-electron chi connectivity index (χ4n) is 5.86. The van der Waals surface area contributed by atoms with Crippen LogP contribution >= 0.6 is 0 Å². The topological polar surface area (TPSA) is 32.8 Å². The zero-order valence-corrected chi connectivity index (χ0v) is 19.8. The number of carbonyl (C=O) groups is 1. The summed E-state index contributed by atoms with van der Waals surface area (Å²) >= 11 is 0. The molecule has 34 heavy (non-hydrogen) atoms. The molecule has 2 fully saturated rings. The van der Waals surface area contributed by atoms with Crippen molar-refractivity contribution in [3.05, 3.63) is 89.7 Å². The Morgan fingerprint density at radius 3 is 2.38 bits per heavy atom. The molecule has 2 heterocycles. The summed E-state index contributed by atoms with van der Waals surface area (Å²) in [5.74, 6) is 1.47. The summed E-state index contributed by atoms with van der Waals surface area (Å²) in [6, 6.07) is 23.6. The van der Waals surface area contributed by atoms with Gasteiger partial charge in [0.2, 0.25) is 5.91 Å². The number of hydrogen-bond acceptors (Lipinski definition) is 3. The maximum absolute atomic E-state index is 14.6. The number of hydrogen-bond donors (Lipinski definition) is 0. The van der Waals surface area contributed by atoms with Crippen LogP contribution in [0.3, 0.4) is 0 Å². The molecule has 1 amide bonds. The van der Waals surface area contributed by atoms with Gasteiger partial charge in [0.1, 0.15) is 11.6 Å². The highest BCUT2D eigenvalue weighted by molar-refractivity contribution is 5.74. The van der Waals surface area contributed by atoms with Gasteiger partial charge < -0.3 is 9.64 Å². The fourth-order valence-corrected chi connectivity index (χ4v) is 5.86. The molecule has 0 saturated carbocycles. The number of likely N-dealkylation sites (tertiary alicyclic amines) is 2. The minimum atomic E-state index is -0.193. The molecule has 2 aliphatic heterocycles. The van der Waals surface area contributed by atoms with Gasteiger partial charge in [-0.05, 0) is 41.3 Å². The zero-order chi connectivity index (χ0) is 23.7. The van der Waals surface area contributed by atoms with Gasteiger partial charge in [0, 0.05) is 56.5 Å². The number of carbonyl (C=O) groups excluding carboxylic acids is 1. The number of piperidine rings is 1. The Hall–Kier alpha value is -3.18. The Labute approximate surface area is 201 Å². The first kappa shape index (κ1) is 22.6. The molecular formula is C29H31FN2O2.